The van der Waals surface area contributed by atoms with Crippen LogP contribution < -0.4 is 4.90 Å². The molecule has 0 aliphatic carbocycles. The van der Waals surface area contributed by atoms with Crippen molar-refractivity contribution < 1.29 is 0 Å². The van der Waals surface area contributed by atoms with Gasteiger partial charge in [-0.2, -0.15) is 0 Å². The average Bonchev–Trinajstić information content (AvgIpc) is 3.76. The Labute approximate surface area is 338 Å². The highest BCUT2D eigenvalue weighted by atomic mass is 15.3. The zero-order valence-electron chi connectivity index (χ0n) is 31.7. The van der Waals surface area contributed by atoms with Crippen LogP contribution in [0, 0.1) is 0 Å². The Morgan fingerprint density at radius 2 is 0.690 bits per heavy atom. The number of para-hydroxylation sites is 2. The third kappa shape index (κ3) is 6.63. The van der Waals surface area contributed by atoms with E-state index in [9.17, 15) is 0 Å². The van der Waals surface area contributed by atoms with Gasteiger partial charge in [0.1, 0.15) is 0 Å². The molecule has 0 aliphatic heterocycles. The smallest absolute Gasteiger partial charge is 0.168 e. The van der Waals surface area contributed by atoms with Gasteiger partial charge in [0.15, 0.2) is 11.6 Å². The maximum Gasteiger partial charge on any atom is 0.168 e. The Hall–Kier alpha value is -7.82. The minimum atomic E-state index is 0.792. The van der Waals surface area contributed by atoms with Gasteiger partial charge in [-0.05, 0) is 92.7 Å². The van der Waals surface area contributed by atoms with Gasteiger partial charge in [0.25, 0.3) is 0 Å². The molecule has 0 N–H and O–H groups in total. The van der Waals surface area contributed by atoms with Crippen LogP contribution in [-0.4, -0.2) is 14.8 Å². The van der Waals surface area contributed by atoms with E-state index in [-0.39, 0.29) is 0 Å². The lowest BCUT2D eigenvalue weighted by atomic mass is 9.89. The van der Waals surface area contributed by atoms with Crippen molar-refractivity contribution in [3.63, 3.8) is 0 Å². The second-order valence-corrected chi connectivity index (χ2v) is 14.3. The SMILES string of the molecule is c1ccc(-c2nnc(-c3ccc(-c4ccccc4-c4ccccc4-c4ccc(N(c5ccccc5)c5ccccc5)cc4)cc3)n2-c2ccc3ccccc3c2)cc1. The first-order chi connectivity index (χ1) is 28.8. The van der Waals surface area contributed by atoms with Gasteiger partial charge in [-0.15, -0.1) is 10.2 Å². The monoisotopic (exact) mass is 742 g/mol. The highest BCUT2D eigenvalue weighted by Gasteiger charge is 2.19. The summed E-state index contributed by atoms with van der Waals surface area (Å²) in [7, 11) is 0. The van der Waals surface area contributed by atoms with Gasteiger partial charge in [0.2, 0.25) is 0 Å². The summed E-state index contributed by atoms with van der Waals surface area (Å²) in [5.74, 6) is 1.60. The average molecular weight is 743 g/mol. The molecule has 0 fully saturated rings. The molecule has 0 radical (unpaired) electrons. The molecule has 0 saturated heterocycles. The summed E-state index contributed by atoms with van der Waals surface area (Å²) >= 11 is 0. The largest absolute Gasteiger partial charge is 0.311 e. The Morgan fingerprint density at radius 3 is 1.24 bits per heavy atom. The van der Waals surface area contributed by atoms with Crippen molar-refractivity contribution in [2.75, 3.05) is 4.90 Å². The van der Waals surface area contributed by atoms with Crippen molar-refractivity contribution in [2.24, 2.45) is 0 Å². The third-order valence-corrected chi connectivity index (χ3v) is 10.7. The number of benzene rings is 9. The van der Waals surface area contributed by atoms with Gasteiger partial charge in [-0.25, -0.2) is 0 Å². The predicted octanol–water partition coefficient (Wildman–Crippen LogP) is 14.2. The summed E-state index contributed by atoms with van der Waals surface area (Å²) in [6.45, 7) is 0. The molecule has 10 rings (SSSR count). The van der Waals surface area contributed by atoms with E-state index in [1.165, 1.54) is 33.0 Å². The molecule has 1 aromatic heterocycles. The van der Waals surface area contributed by atoms with Gasteiger partial charge in [-0.3, -0.25) is 4.57 Å². The van der Waals surface area contributed by atoms with E-state index in [0.29, 0.717) is 0 Å². The number of anilines is 3. The molecule has 4 heteroatoms. The number of hydrogen-bond acceptors (Lipinski definition) is 3. The maximum atomic E-state index is 4.79. The summed E-state index contributed by atoms with van der Waals surface area (Å²) in [4.78, 5) is 2.29. The summed E-state index contributed by atoms with van der Waals surface area (Å²) < 4.78 is 2.17. The van der Waals surface area contributed by atoms with Gasteiger partial charge in [0, 0.05) is 33.9 Å². The molecular weight excluding hydrogens is 705 g/mol. The van der Waals surface area contributed by atoms with Crippen LogP contribution in [0.25, 0.3) is 72.6 Å². The number of fused-ring (bicyclic) bond motifs is 1. The van der Waals surface area contributed by atoms with Gasteiger partial charge >= 0.3 is 0 Å². The number of aromatic nitrogens is 3. The van der Waals surface area contributed by atoms with Crippen LogP contribution in [-0.2, 0) is 0 Å². The lowest BCUT2D eigenvalue weighted by Gasteiger charge is -2.25. The fourth-order valence-corrected chi connectivity index (χ4v) is 7.94. The van der Waals surface area contributed by atoms with Crippen LogP contribution in [0.1, 0.15) is 0 Å². The fraction of sp³-hybridized carbons (Fsp3) is 0. The number of hydrogen-bond donors (Lipinski definition) is 0. The lowest BCUT2D eigenvalue weighted by molar-refractivity contribution is 1.08. The van der Waals surface area contributed by atoms with Gasteiger partial charge in [0.05, 0.1) is 0 Å². The molecule has 0 saturated carbocycles. The molecule has 0 amide bonds. The minimum Gasteiger partial charge on any atom is -0.311 e. The summed E-state index contributed by atoms with van der Waals surface area (Å²) in [5.41, 5.74) is 13.4. The standard InChI is InChI=1S/C54H38N4/c1-4-17-42(18-5-1)53-55-56-54(58(53)48-37-32-39-16-10-11-19-44(39)38-48)43-30-28-40(29-31-43)49-24-12-14-26-51(49)52-27-15-13-25-50(52)41-33-35-47(36-34-41)57(45-20-6-2-7-21-45)46-22-8-3-9-23-46/h1-38H. The van der Waals surface area contributed by atoms with E-state index in [4.69, 9.17) is 10.2 Å². The van der Waals surface area contributed by atoms with Gasteiger partial charge in [-0.1, -0.05) is 182 Å². The second kappa shape index (κ2) is 15.4. The second-order valence-electron chi connectivity index (χ2n) is 14.3. The minimum absolute atomic E-state index is 0.792. The van der Waals surface area contributed by atoms with E-state index in [0.717, 1.165) is 56.7 Å². The van der Waals surface area contributed by atoms with E-state index in [1.54, 1.807) is 0 Å². The summed E-state index contributed by atoms with van der Waals surface area (Å²) in [5, 5.41) is 11.9. The highest BCUT2D eigenvalue weighted by molar-refractivity contribution is 5.92. The molecule has 9 aromatic carbocycles. The maximum absolute atomic E-state index is 4.79. The molecule has 1 heterocycles. The van der Waals surface area contributed by atoms with Crippen molar-refractivity contribution in [3.8, 4) is 61.8 Å². The first-order valence-electron chi connectivity index (χ1n) is 19.6. The Morgan fingerprint density at radius 1 is 0.293 bits per heavy atom. The highest BCUT2D eigenvalue weighted by Crippen LogP contribution is 2.41. The van der Waals surface area contributed by atoms with E-state index in [2.05, 4.69) is 222 Å². The van der Waals surface area contributed by atoms with Crippen molar-refractivity contribution >= 4 is 27.8 Å². The fourth-order valence-electron chi connectivity index (χ4n) is 7.94. The Bertz CT molecular complexity index is 2930. The van der Waals surface area contributed by atoms with Crippen LogP contribution in [0.15, 0.2) is 231 Å². The van der Waals surface area contributed by atoms with Crippen LogP contribution in [0.5, 0.6) is 0 Å². The molecule has 274 valence electrons. The Kier molecular flexibility index (Phi) is 9.18. The van der Waals surface area contributed by atoms with E-state index >= 15 is 0 Å². The van der Waals surface area contributed by atoms with E-state index in [1.807, 2.05) is 18.2 Å². The van der Waals surface area contributed by atoms with E-state index < -0.39 is 0 Å². The molecule has 58 heavy (non-hydrogen) atoms. The summed E-state index contributed by atoms with van der Waals surface area (Å²) in [6.07, 6.45) is 0. The van der Waals surface area contributed by atoms with Crippen molar-refractivity contribution in [1.82, 2.24) is 14.8 Å². The van der Waals surface area contributed by atoms with Crippen LogP contribution >= 0.6 is 0 Å². The first kappa shape index (κ1) is 34.7. The number of rotatable bonds is 9. The quantitative estimate of drug-likeness (QED) is 0.148. The zero-order chi connectivity index (χ0) is 38.7. The number of nitrogens with zero attached hydrogens (tertiary/aromatic N) is 4. The molecule has 0 unspecified atom stereocenters. The van der Waals surface area contributed by atoms with Crippen molar-refractivity contribution in [1.29, 1.82) is 0 Å². The predicted molar refractivity (Wildman–Crippen MR) is 241 cm³/mol. The normalized spacial score (nSPS) is 11.1. The first-order valence-corrected chi connectivity index (χ1v) is 19.6. The summed E-state index contributed by atoms with van der Waals surface area (Å²) in [6, 6.07) is 81.3. The molecular formula is C54H38N4. The lowest BCUT2D eigenvalue weighted by Crippen LogP contribution is -2.09. The van der Waals surface area contributed by atoms with Crippen LogP contribution in [0.4, 0.5) is 17.1 Å². The third-order valence-electron chi connectivity index (χ3n) is 10.7. The zero-order valence-corrected chi connectivity index (χ0v) is 31.7. The van der Waals surface area contributed by atoms with Crippen LogP contribution in [0.3, 0.4) is 0 Å². The molecule has 0 spiro atoms. The molecule has 0 atom stereocenters. The van der Waals surface area contributed by atoms with Gasteiger partial charge < -0.3 is 4.90 Å². The molecule has 10 aromatic rings. The molecule has 0 bridgehead atoms. The Balaban J connectivity index is 1.01. The van der Waals surface area contributed by atoms with Crippen LogP contribution in [0.2, 0.25) is 0 Å². The van der Waals surface area contributed by atoms with Crippen molar-refractivity contribution in [3.05, 3.63) is 231 Å². The topological polar surface area (TPSA) is 34.0 Å². The molecule has 0 aliphatic rings. The molecule has 4 nitrogen and oxygen atoms in total. The van der Waals surface area contributed by atoms with Crippen molar-refractivity contribution in [2.45, 2.75) is 0 Å².